The highest BCUT2D eigenvalue weighted by Crippen LogP contribution is 2.21. The van der Waals surface area contributed by atoms with Gasteiger partial charge in [-0.3, -0.25) is 9.59 Å². The molecule has 3 atom stereocenters. The first kappa shape index (κ1) is 18.9. The number of nitrogens with zero attached hydrogens (tertiary/aromatic N) is 1. The van der Waals surface area contributed by atoms with Crippen LogP contribution >= 0.6 is 0 Å². The molecule has 0 aliphatic carbocycles. The van der Waals surface area contributed by atoms with Crippen molar-refractivity contribution in [2.24, 2.45) is 11.8 Å². The van der Waals surface area contributed by atoms with E-state index in [4.69, 9.17) is 4.74 Å². The van der Waals surface area contributed by atoms with Gasteiger partial charge in [0.15, 0.2) is 0 Å². The molecule has 1 N–H and O–H groups in total. The second-order valence-corrected chi connectivity index (χ2v) is 6.99. The Morgan fingerprint density at radius 2 is 2.00 bits per heavy atom. The van der Waals surface area contributed by atoms with Crippen LogP contribution in [-0.4, -0.2) is 49.1 Å². The molecule has 22 heavy (non-hydrogen) atoms. The van der Waals surface area contributed by atoms with E-state index in [0.717, 1.165) is 12.8 Å². The van der Waals surface area contributed by atoms with Gasteiger partial charge in [0.1, 0.15) is 0 Å². The molecule has 2 amide bonds. The van der Waals surface area contributed by atoms with Crippen molar-refractivity contribution in [2.45, 2.75) is 65.5 Å². The van der Waals surface area contributed by atoms with Crippen molar-refractivity contribution in [1.82, 2.24) is 10.2 Å². The van der Waals surface area contributed by atoms with Crippen LogP contribution in [-0.2, 0) is 14.3 Å². The topological polar surface area (TPSA) is 58.6 Å². The van der Waals surface area contributed by atoms with E-state index < -0.39 is 0 Å². The lowest BCUT2D eigenvalue weighted by Gasteiger charge is -2.24. The summed E-state index contributed by atoms with van der Waals surface area (Å²) in [5.74, 6) is 0.542. The van der Waals surface area contributed by atoms with Crippen LogP contribution in [0.1, 0.15) is 53.4 Å². The third-order valence-electron chi connectivity index (χ3n) is 4.28. The maximum Gasteiger partial charge on any atom is 0.225 e. The van der Waals surface area contributed by atoms with Gasteiger partial charge in [0.2, 0.25) is 11.8 Å². The largest absolute Gasteiger partial charge is 0.383 e. The molecule has 0 saturated carbocycles. The number of ether oxygens (including phenoxy) is 1. The fourth-order valence-corrected chi connectivity index (χ4v) is 2.93. The Morgan fingerprint density at radius 3 is 2.59 bits per heavy atom. The predicted octanol–water partition coefficient (Wildman–Crippen LogP) is 2.20. The van der Waals surface area contributed by atoms with Crippen molar-refractivity contribution < 1.29 is 14.3 Å². The van der Waals surface area contributed by atoms with E-state index in [2.05, 4.69) is 19.2 Å². The molecule has 1 fully saturated rings. The number of methoxy groups -OCH3 is 1. The molecule has 0 radical (unpaired) electrons. The van der Waals surface area contributed by atoms with Gasteiger partial charge in [0.25, 0.3) is 0 Å². The number of carbonyl (C=O) groups excluding carboxylic acids is 2. The van der Waals surface area contributed by atoms with Gasteiger partial charge in [-0.15, -0.1) is 0 Å². The first-order chi connectivity index (χ1) is 10.3. The SMILES string of the molecule is COC[C@H](C)N1C[C@H](C(=O)N[C@H](C)CCCC(C)C)CC1=O. The molecular weight excluding hydrogens is 280 g/mol. The van der Waals surface area contributed by atoms with Gasteiger partial charge in [-0.1, -0.05) is 26.7 Å². The van der Waals surface area contributed by atoms with Crippen LogP contribution in [0.25, 0.3) is 0 Å². The quantitative estimate of drug-likeness (QED) is 0.710. The molecule has 0 bridgehead atoms. The van der Waals surface area contributed by atoms with Gasteiger partial charge in [-0.05, 0) is 26.2 Å². The molecule has 0 aromatic heterocycles. The van der Waals surface area contributed by atoms with Crippen molar-refractivity contribution in [3.8, 4) is 0 Å². The first-order valence-corrected chi connectivity index (χ1v) is 8.43. The summed E-state index contributed by atoms with van der Waals surface area (Å²) >= 11 is 0. The maximum absolute atomic E-state index is 12.3. The molecular formula is C17H32N2O3. The summed E-state index contributed by atoms with van der Waals surface area (Å²) < 4.78 is 5.09. The minimum atomic E-state index is -0.223. The Morgan fingerprint density at radius 1 is 1.32 bits per heavy atom. The number of hydrogen-bond donors (Lipinski definition) is 1. The minimum Gasteiger partial charge on any atom is -0.383 e. The number of rotatable bonds is 9. The van der Waals surface area contributed by atoms with Gasteiger partial charge < -0.3 is 15.0 Å². The van der Waals surface area contributed by atoms with E-state index in [1.54, 1.807) is 12.0 Å². The summed E-state index contributed by atoms with van der Waals surface area (Å²) in [7, 11) is 1.63. The fourth-order valence-electron chi connectivity index (χ4n) is 2.93. The molecule has 1 aliphatic heterocycles. The average molecular weight is 312 g/mol. The third-order valence-corrected chi connectivity index (χ3v) is 4.28. The Bertz CT molecular complexity index is 371. The molecule has 1 heterocycles. The zero-order valence-corrected chi connectivity index (χ0v) is 14.7. The van der Waals surface area contributed by atoms with Crippen LogP contribution < -0.4 is 5.32 Å². The number of carbonyl (C=O) groups is 2. The summed E-state index contributed by atoms with van der Waals surface area (Å²) in [5.41, 5.74) is 0. The number of amides is 2. The fraction of sp³-hybridized carbons (Fsp3) is 0.882. The van der Waals surface area contributed by atoms with Gasteiger partial charge in [-0.2, -0.15) is 0 Å². The summed E-state index contributed by atoms with van der Waals surface area (Å²) in [6.07, 6.45) is 3.62. The molecule has 0 aromatic rings. The lowest BCUT2D eigenvalue weighted by atomic mass is 10.0. The van der Waals surface area contributed by atoms with Crippen LogP contribution in [0.2, 0.25) is 0 Å². The van der Waals surface area contributed by atoms with E-state index in [-0.39, 0.29) is 29.8 Å². The Kier molecular flexibility index (Phi) is 7.87. The summed E-state index contributed by atoms with van der Waals surface area (Å²) in [6.45, 7) is 9.43. The van der Waals surface area contributed by atoms with E-state index in [9.17, 15) is 9.59 Å². The summed E-state index contributed by atoms with van der Waals surface area (Å²) in [4.78, 5) is 26.1. The van der Waals surface area contributed by atoms with E-state index in [0.29, 0.717) is 25.5 Å². The zero-order valence-electron chi connectivity index (χ0n) is 14.7. The number of hydrogen-bond acceptors (Lipinski definition) is 3. The zero-order chi connectivity index (χ0) is 16.7. The molecule has 1 aliphatic rings. The molecule has 5 heteroatoms. The van der Waals surface area contributed by atoms with Gasteiger partial charge >= 0.3 is 0 Å². The van der Waals surface area contributed by atoms with E-state index in [1.807, 2.05) is 13.8 Å². The Balaban J connectivity index is 2.38. The summed E-state index contributed by atoms with van der Waals surface area (Å²) in [5, 5.41) is 3.06. The van der Waals surface area contributed by atoms with E-state index >= 15 is 0 Å². The highest BCUT2D eigenvalue weighted by atomic mass is 16.5. The van der Waals surface area contributed by atoms with Crippen molar-refractivity contribution in [3.63, 3.8) is 0 Å². The van der Waals surface area contributed by atoms with Crippen LogP contribution in [0.15, 0.2) is 0 Å². The highest BCUT2D eigenvalue weighted by molar-refractivity contribution is 5.89. The highest BCUT2D eigenvalue weighted by Gasteiger charge is 2.36. The monoisotopic (exact) mass is 312 g/mol. The third kappa shape index (κ3) is 5.95. The molecule has 5 nitrogen and oxygen atoms in total. The van der Waals surface area contributed by atoms with Gasteiger partial charge in [0.05, 0.1) is 18.6 Å². The molecule has 0 unspecified atom stereocenters. The van der Waals surface area contributed by atoms with E-state index in [1.165, 1.54) is 6.42 Å². The van der Waals surface area contributed by atoms with Gasteiger partial charge in [-0.25, -0.2) is 0 Å². The number of likely N-dealkylation sites (tertiary alicyclic amines) is 1. The molecule has 1 saturated heterocycles. The van der Waals surface area contributed by atoms with Crippen LogP contribution in [0.3, 0.4) is 0 Å². The smallest absolute Gasteiger partial charge is 0.225 e. The molecule has 0 spiro atoms. The second kappa shape index (κ2) is 9.13. The van der Waals surface area contributed by atoms with Crippen molar-refractivity contribution >= 4 is 11.8 Å². The minimum absolute atomic E-state index is 0.0116. The molecule has 128 valence electrons. The average Bonchev–Trinajstić information content (AvgIpc) is 2.80. The number of nitrogens with one attached hydrogen (secondary N) is 1. The summed E-state index contributed by atoms with van der Waals surface area (Å²) in [6, 6.07) is 0.200. The Labute approximate surface area is 134 Å². The van der Waals surface area contributed by atoms with Crippen molar-refractivity contribution in [3.05, 3.63) is 0 Å². The molecule has 1 rings (SSSR count). The molecule has 0 aromatic carbocycles. The van der Waals surface area contributed by atoms with Crippen molar-refractivity contribution in [2.75, 3.05) is 20.3 Å². The lowest BCUT2D eigenvalue weighted by Crippen LogP contribution is -2.40. The maximum atomic E-state index is 12.3. The van der Waals surface area contributed by atoms with Crippen LogP contribution in [0.5, 0.6) is 0 Å². The second-order valence-electron chi connectivity index (χ2n) is 6.99. The Hall–Kier alpha value is -1.10. The first-order valence-electron chi connectivity index (χ1n) is 8.43. The standard InChI is InChI=1S/C17H32N2O3/c1-12(2)7-6-8-13(3)18-17(21)15-9-16(20)19(10-15)14(4)11-22-5/h12-15H,6-11H2,1-5H3,(H,18,21)/t13-,14+,15-/m1/s1. The van der Waals surface area contributed by atoms with Crippen molar-refractivity contribution in [1.29, 1.82) is 0 Å². The van der Waals surface area contributed by atoms with Crippen LogP contribution in [0, 0.1) is 11.8 Å². The predicted molar refractivity (Wildman–Crippen MR) is 87.5 cm³/mol. The lowest BCUT2D eigenvalue weighted by molar-refractivity contribution is -0.130. The normalized spacial score (nSPS) is 21.3. The van der Waals surface area contributed by atoms with Gasteiger partial charge in [0, 0.05) is 26.1 Å². The van der Waals surface area contributed by atoms with Crippen LogP contribution in [0.4, 0.5) is 0 Å².